The summed E-state index contributed by atoms with van der Waals surface area (Å²) in [4.78, 5) is 16.1. The largest absolute Gasteiger partial charge is 0.493 e. The lowest BCUT2D eigenvalue weighted by Crippen LogP contribution is -2.16. The van der Waals surface area contributed by atoms with Gasteiger partial charge in [-0.15, -0.1) is 0 Å². The van der Waals surface area contributed by atoms with Crippen LogP contribution in [0.3, 0.4) is 0 Å². The first-order valence-electron chi connectivity index (χ1n) is 11.3. The van der Waals surface area contributed by atoms with E-state index in [0.29, 0.717) is 29.3 Å². The SMILES string of the molecule is COc1ccc(-c2nn(-c3ccccc3)c3[nH]c(=O)c(CNc4ccc(C)cc4)cc23)cc1OC. The lowest BCUT2D eigenvalue weighted by molar-refractivity contribution is 0.355. The molecule has 5 aromatic rings. The zero-order chi connectivity index (χ0) is 24.4. The van der Waals surface area contributed by atoms with Crippen LogP contribution < -0.4 is 20.3 Å². The minimum Gasteiger partial charge on any atom is -0.493 e. The van der Waals surface area contributed by atoms with Gasteiger partial charge in [0.15, 0.2) is 11.5 Å². The number of para-hydroxylation sites is 1. The van der Waals surface area contributed by atoms with Gasteiger partial charge in [0.2, 0.25) is 0 Å². The minimum absolute atomic E-state index is 0.159. The first kappa shape index (κ1) is 22.3. The maximum atomic E-state index is 13.0. The number of hydrogen-bond donors (Lipinski definition) is 2. The van der Waals surface area contributed by atoms with Crippen LogP contribution in [0.1, 0.15) is 11.1 Å². The summed E-state index contributed by atoms with van der Waals surface area (Å²) >= 11 is 0. The molecule has 35 heavy (non-hydrogen) atoms. The Bertz CT molecular complexity index is 1540. The van der Waals surface area contributed by atoms with Crippen LogP contribution in [-0.2, 0) is 6.54 Å². The van der Waals surface area contributed by atoms with Crippen LogP contribution in [0, 0.1) is 6.92 Å². The van der Waals surface area contributed by atoms with Gasteiger partial charge in [-0.1, -0.05) is 35.9 Å². The minimum atomic E-state index is -0.159. The molecule has 0 aliphatic rings. The number of pyridine rings is 1. The van der Waals surface area contributed by atoms with Gasteiger partial charge in [0.1, 0.15) is 11.3 Å². The zero-order valence-corrected chi connectivity index (χ0v) is 19.8. The van der Waals surface area contributed by atoms with Crippen molar-refractivity contribution in [2.75, 3.05) is 19.5 Å². The number of aromatic amines is 1. The molecule has 176 valence electrons. The third kappa shape index (κ3) is 4.36. The molecule has 7 nitrogen and oxygen atoms in total. The zero-order valence-electron chi connectivity index (χ0n) is 19.8. The Kier molecular flexibility index (Phi) is 5.97. The Morgan fingerprint density at radius 2 is 1.66 bits per heavy atom. The molecular formula is C28H26N4O3. The normalized spacial score (nSPS) is 10.9. The van der Waals surface area contributed by atoms with E-state index < -0.39 is 0 Å². The maximum absolute atomic E-state index is 13.0. The second-order valence-corrected chi connectivity index (χ2v) is 8.27. The van der Waals surface area contributed by atoms with E-state index in [9.17, 15) is 4.79 Å². The molecule has 0 aliphatic heterocycles. The molecule has 2 heterocycles. The molecule has 0 fully saturated rings. The highest BCUT2D eigenvalue weighted by Crippen LogP contribution is 2.35. The van der Waals surface area contributed by atoms with Crippen LogP contribution in [0.5, 0.6) is 11.5 Å². The van der Waals surface area contributed by atoms with Gasteiger partial charge in [0.05, 0.1) is 19.9 Å². The van der Waals surface area contributed by atoms with E-state index in [-0.39, 0.29) is 5.56 Å². The fourth-order valence-corrected chi connectivity index (χ4v) is 4.07. The fourth-order valence-electron chi connectivity index (χ4n) is 4.07. The highest BCUT2D eigenvalue weighted by Gasteiger charge is 2.18. The van der Waals surface area contributed by atoms with Crippen molar-refractivity contribution >= 4 is 16.7 Å². The number of aryl methyl sites for hydroxylation is 1. The monoisotopic (exact) mass is 466 g/mol. The highest BCUT2D eigenvalue weighted by atomic mass is 16.5. The molecule has 0 atom stereocenters. The Labute approximate surface area is 203 Å². The number of anilines is 1. The predicted octanol–water partition coefficient (Wildman–Crippen LogP) is 5.32. The lowest BCUT2D eigenvalue weighted by Gasteiger charge is -2.09. The van der Waals surface area contributed by atoms with Crippen LogP contribution >= 0.6 is 0 Å². The molecule has 7 heteroatoms. The van der Waals surface area contributed by atoms with E-state index in [1.807, 2.05) is 85.8 Å². The Morgan fingerprint density at radius 1 is 0.914 bits per heavy atom. The third-order valence-electron chi connectivity index (χ3n) is 5.96. The summed E-state index contributed by atoms with van der Waals surface area (Å²) in [7, 11) is 3.21. The molecule has 0 bridgehead atoms. The van der Waals surface area contributed by atoms with Crippen LogP contribution in [0.2, 0.25) is 0 Å². The first-order valence-corrected chi connectivity index (χ1v) is 11.3. The molecule has 0 unspecified atom stereocenters. The Hall–Kier alpha value is -4.52. The third-order valence-corrected chi connectivity index (χ3v) is 5.96. The molecule has 0 amide bonds. The summed E-state index contributed by atoms with van der Waals surface area (Å²) < 4.78 is 12.7. The van der Waals surface area contributed by atoms with Crippen LogP contribution in [0.25, 0.3) is 28.0 Å². The van der Waals surface area contributed by atoms with Gasteiger partial charge in [-0.2, -0.15) is 5.10 Å². The lowest BCUT2D eigenvalue weighted by atomic mass is 10.1. The summed E-state index contributed by atoms with van der Waals surface area (Å²) in [6, 6.07) is 25.4. The van der Waals surface area contributed by atoms with E-state index in [1.54, 1.807) is 18.9 Å². The van der Waals surface area contributed by atoms with Crippen molar-refractivity contribution < 1.29 is 9.47 Å². The molecule has 2 aromatic heterocycles. The van der Waals surface area contributed by atoms with Gasteiger partial charge in [-0.05, 0) is 55.5 Å². The van der Waals surface area contributed by atoms with Crippen molar-refractivity contribution in [3.05, 3.63) is 100 Å². The standard InChI is InChI=1S/C28H26N4O3/c1-18-9-12-21(13-10-18)29-17-20-15-23-26(19-11-14-24(34-2)25(16-19)35-3)31-32(27(23)30-28(20)33)22-7-5-4-6-8-22/h4-16,29H,17H2,1-3H3,(H,30,33). The number of methoxy groups -OCH3 is 2. The van der Waals surface area contributed by atoms with Gasteiger partial charge >= 0.3 is 0 Å². The summed E-state index contributed by atoms with van der Waals surface area (Å²) in [5, 5.41) is 9.08. The van der Waals surface area contributed by atoms with E-state index in [0.717, 1.165) is 28.0 Å². The van der Waals surface area contributed by atoms with Crippen molar-refractivity contribution in [2.24, 2.45) is 0 Å². The van der Waals surface area contributed by atoms with Gasteiger partial charge in [0.25, 0.3) is 5.56 Å². The fraction of sp³-hybridized carbons (Fsp3) is 0.143. The smallest absolute Gasteiger partial charge is 0.254 e. The van der Waals surface area contributed by atoms with Crippen molar-refractivity contribution in [2.45, 2.75) is 13.5 Å². The van der Waals surface area contributed by atoms with Crippen molar-refractivity contribution in [1.82, 2.24) is 14.8 Å². The second-order valence-electron chi connectivity index (χ2n) is 8.27. The van der Waals surface area contributed by atoms with Gasteiger partial charge in [0, 0.05) is 28.7 Å². The van der Waals surface area contributed by atoms with Gasteiger partial charge < -0.3 is 19.8 Å². The van der Waals surface area contributed by atoms with Crippen molar-refractivity contribution in [3.8, 4) is 28.4 Å². The quantitative estimate of drug-likeness (QED) is 0.339. The molecule has 5 rings (SSSR count). The van der Waals surface area contributed by atoms with E-state index in [2.05, 4.69) is 10.3 Å². The number of benzene rings is 3. The number of aromatic nitrogens is 3. The highest BCUT2D eigenvalue weighted by molar-refractivity contribution is 5.93. The Morgan fingerprint density at radius 3 is 2.37 bits per heavy atom. The number of nitrogens with zero attached hydrogens (tertiary/aromatic N) is 2. The molecule has 0 saturated carbocycles. The van der Waals surface area contributed by atoms with Crippen LogP contribution in [-0.4, -0.2) is 29.0 Å². The van der Waals surface area contributed by atoms with Crippen LogP contribution in [0.15, 0.2) is 83.7 Å². The average Bonchev–Trinajstić information content (AvgIpc) is 3.26. The van der Waals surface area contributed by atoms with Gasteiger partial charge in [-0.3, -0.25) is 4.79 Å². The number of H-pyrrole nitrogens is 1. The molecule has 0 spiro atoms. The number of hydrogen-bond acceptors (Lipinski definition) is 5. The summed E-state index contributed by atoms with van der Waals surface area (Å²) in [5.74, 6) is 1.25. The number of rotatable bonds is 7. The first-order chi connectivity index (χ1) is 17.1. The molecule has 2 N–H and O–H groups in total. The number of nitrogens with one attached hydrogen (secondary N) is 2. The maximum Gasteiger partial charge on any atom is 0.254 e. The summed E-state index contributed by atoms with van der Waals surface area (Å²) in [5.41, 5.74) is 5.67. The van der Waals surface area contributed by atoms with E-state index in [4.69, 9.17) is 14.6 Å². The van der Waals surface area contributed by atoms with Crippen molar-refractivity contribution in [3.63, 3.8) is 0 Å². The van der Waals surface area contributed by atoms with Gasteiger partial charge in [-0.25, -0.2) is 4.68 Å². The van der Waals surface area contributed by atoms with Crippen molar-refractivity contribution in [1.29, 1.82) is 0 Å². The molecule has 0 saturated heterocycles. The molecular weight excluding hydrogens is 440 g/mol. The average molecular weight is 467 g/mol. The summed E-state index contributed by atoms with van der Waals surface area (Å²) in [6.45, 7) is 2.43. The molecule has 3 aromatic carbocycles. The molecule has 0 radical (unpaired) electrons. The molecule has 0 aliphatic carbocycles. The Balaban J connectivity index is 1.64. The second kappa shape index (κ2) is 9.38. The summed E-state index contributed by atoms with van der Waals surface area (Å²) in [6.07, 6.45) is 0. The topological polar surface area (TPSA) is 81.2 Å². The van der Waals surface area contributed by atoms with Crippen LogP contribution in [0.4, 0.5) is 5.69 Å². The van der Waals surface area contributed by atoms with E-state index >= 15 is 0 Å². The van der Waals surface area contributed by atoms with E-state index in [1.165, 1.54) is 5.56 Å². The predicted molar refractivity (Wildman–Crippen MR) is 139 cm³/mol. The number of ether oxygens (including phenoxy) is 2. The number of fused-ring (bicyclic) bond motifs is 1.